The van der Waals surface area contributed by atoms with Crippen molar-refractivity contribution >= 4 is 23.2 Å². The fourth-order valence-electron chi connectivity index (χ4n) is 5.18. The minimum atomic E-state index is -4.50. The minimum absolute atomic E-state index is 0.0903. The zero-order valence-electron chi connectivity index (χ0n) is 18.8. The summed E-state index contributed by atoms with van der Waals surface area (Å²) in [4.78, 5) is 28.3. The van der Waals surface area contributed by atoms with E-state index in [-0.39, 0.29) is 23.7 Å². The lowest BCUT2D eigenvalue weighted by atomic mass is 9.94. The number of carbonyl (C=O) groups excluding carboxylic acids is 1. The fraction of sp³-hybridized carbons (Fsp3) is 0.417. The summed E-state index contributed by atoms with van der Waals surface area (Å²) >= 11 is 1.31. The van der Waals surface area contributed by atoms with Crippen LogP contribution >= 0.6 is 11.3 Å². The topological polar surface area (TPSA) is 71.0 Å². The molecule has 1 amide bonds. The predicted molar refractivity (Wildman–Crippen MR) is 123 cm³/mol. The summed E-state index contributed by atoms with van der Waals surface area (Å²) in [5.74, 6) is 0.265. The maximum Gasteiger partial charge on any atom is 0.419 e. The molecule has 1 aromatic carbocycles. The highest BCUT2D eigenvalue weighted by molar-refractivity contribution is 7.14. The molecule has 11 heteroatoms. The van der Waals surface area contributed by atoms with Crippen molar-refractivity contribution in [3.8, 4) is 11.3 Å². The molecule has 3 atom stereocenters. The van der Waals surface area contributed by atoms with E-state index < -0.39 is 11.7 Å². The lowest BCUT2D eigenvalue weighted by molar-refractivity contribution is -0.138. The number of nitrogens with one attached hydrogen (secondary N) is 1. The van der Waals surface area contributed by atoms with E-state index in [2.05, 4.69) is 20.3 Å². The zero-order valence-corrected chi connectivity index (χ0v) is 19.7. The van der Waals surface area contributed by atoms with Crippen LogP contribution in [0.15, 0.2) is 36.7 Å². The van der Waals surface area contributed by atoms with Crippen LogP contribution in [0.1, 0.15) is 39.5 Å². The number of alkyl halides is 3. The van der Waals surface area contributed by atoms with Gasteiger partial charge >= 0.3 is 6.18 Å². The van der Waals surface area contributed by atoms with E-state index in [0.29, 0.717) is 41.1 Å². The van der Waals surface area contributed by atoms with Crippen LogP contribution in [0.4, 0.5) is 23.5 Å². The van der Waals surface area contributed by atoms with Crippen molar-refractivity contribution in [2.24, 2.45) is 11.8 Å². The first kappa shape index (κ1) is 23.7. The Morgan fingerprint density at radius 2 is 1.89 bits per heavy atom. The molecule has 5 rings (SSSR count). The lowest BCUT2D eigenvalue weighted by Crippen LogP contribution is -2.42. The molecule has 1 aliphatic heterocycles. The summed E-state index contributed by atoms with van der Waals surface area (Å²) in [6.45, 7) is 2.78. The average Bonchev–Trinajstić information content (AvgIpc) is 3.52. The third-order valence-electron chi connectivity index (χ3n) is 6.80. The molecule has 1 N–H and O–H groups in total. The predicted octanol–water partition coefficient (Wildman–Crippen LogP) is 5.42. The van der Waals surface area contributed by atoms with E-state index in [9.17, 15) is 22.4 Å². The Labute approximate surface area is 203 Å². The Bertz CT molecular complexity index is 1210. The number of hydrogen-bond donors (Lipinski definition) is 1. The number of likely N-dealkylation sites (tertiary alicyclic amines) is 1. The summed E-state index contributed by atoms with van der Waals surface area (Å²) in [6, 6.07) is 5.76. The zero-order chi connectivity index (χ0) is 24.7. The number of benzene rings is 1. The highest BCUT2D eigenvalue weighted by Crippen LogP contribution is 2.43. The molecule has 1 saturated carbocycles. The Kier molecular flexibility index (Phi) is 6.20. The van der Waals surface area contributed by atoms with E-state index in [0.717, 1.165) is 36.7 Å². The molecule has 0 radical (unpaired) electrons. The van der Waals surface area contributed by atoms with Gasteiger partial charge in [0.05, 0.1) is 22.3 Å². The standard InChI is InChI=1S/C24H23F4N5OS/c1-13-32-20(14-5-7-17(25)8-6-14)21(35-13)22(34)33-12-15-3-2-4-18(15)19(33)11-31-23-29-9-16(10-30-23)24(26,27)28/h5-10,15,18-19H,2-4,11-12H2,1H3,(H,29,30,31)/t15-,18-,19+/m1/s1. The Morgan fingerprint density at radius 3 is 2.57 bits per heavy atom. The van der Waals surface area contributed by atoms with Gasteiger partial charge in [-0.05, 0) is 55.9 Å². The number of fused-ring (bicyclic) bond motifs is 1. The first-order valence-corrected chi connectivity index (χ1v) is 12.2. The molecule has 3 aromatic rings. The van der Waals surface area contributed by atoms with E-state index >= 15 is 0 Å². The van der Waals surface area contributed by atoms with Crippen LogP contribution < -0.4 is 5.32 Å². The van der Waals surface area contributed by atoms with Gasteiger partial charge < -0.3 is 10.2 Å². The van der Waals surface area contributed by atoms with Gasteiger partial charge in [-0.2, -0.15) is 13.2 Å². The number of aromatic nitrogens is 3. The molecular formula is C24H23F4N5OS. The van der Waals surface area contributed by atoms with Gasteiger partial charge in [-0.15, -0.1) is 11.3 Å². The van der Waals surface area contributed by atoms with Crippen molar-refractivity contribution in [1.29, 1.82) is 0 Å². The molecule has 2 aliphatic rings. The molecule has 1 aliphatic carbocycles. The van der Waals surface area contributed by atoms with Gasteiger partial charge in [0.25, 0.3) is 5.91 Å². The SMILES string of the molecule is Cc1nc(-c2ccc(F)cc2)c(C(=O)N2C[C@H]3CCC[C@H]3[C@@H]2CNc2ncc(C(F)(F)F)cn2)s1. The van der Waals surface area contributed by atoms with Gasteiger partial charge in [0.1, 0.15) is 10.7 Å². The second kappa shape index (κ2) is 9.18. The van der Waals surface area contributed by atoms with Crippen LogP contribution in [0.2, 0.25) is 0 Å². The number of anilines is 1. The van der Waals surface area contributed by atoms with Crippen LogP contribution in [-0.4, -0.2) is 44.9 Å². The van der Waals surface area contributed by atoms with Crippen LogP contribution in [0.3, 0.4) is 0 Å². The molecule has 3 heterocycles. The van der Waals surface area contributed by atoms with Gasteiger partial charge in [-0.25, -0.2) is 19.3 Å². The number of carbonyl (C=O) groups is 1. The van der Waals surface area contributed by atoms with Crippen molar-refractivity contribution < 1.29 is 22.4 Å². The normalized spacial score (nSPS) is 21.9. The first-order chi connectivity index (χ1) is 16.7. The second-order valence-corrected chi connectivity index (χ2v) is 10.2. The number of rotatable bonds is 5. The number of amides is 1. The maximum atomic E-state index is 13.8. The highest BCUT2D eigenvalue weighted by atomic mass is 32.1. The van der Waals surface area contributed by atoms with Gasteiger partial charge in [0.15, 0.2) is 0 Å². The molecule has 2 aromatic heterocycles. The largest absolute Gasteiger partial charge is 0.419 e. The van der Waals surface area contributed by atoms with Crippen molar-refractivity contribution in [2.75, 3.05) is 18.4 Å². The first-order valence-electron chi connectivity index (χ1n) is 11.4. The summed E-state index contributed by atoms with van der Waals surface area (Å²) in [7, 11) is 0. The lowest BCUT2D eigenvalue weighted by Gasteiger charge is -2.28. The number of halogens is 4. The molecule has 184 valence electrons. The molecular weight excluding hydrogens is 482 g/mol. The summed E-state index contributed by atoms with van der Waals surface area (Å²) < 4.78 is 51.9. The van der Waals surface area contributed by atoms with Gasteiger partial charge in [-0.1, -0.05) is 6.42 Å². The average molecular weight is 506 g/mol. The number of aryl methyl sites for hydroxylation is 1. The van der Waals surface area contributed by atoms with Crippen LogP contribution in [0.25, 0.3) is 11.3 Å². The quantitative estimate of drug-likeness (QED) is 0.469. The number of nitrogens with zero attached hydrogens (tertiary/aromatic N) is 4. The molecule has 0 spiro atoms. The van der Waals surface area contributed by atoms with Crippen LogP contribution in [-0.2, 0) is 6.18 Å². The number of hydrogen-bond acceptors (Lipinski definition) is 6. The van der Waals surface area contributed by atoms with E-state index in [4.69, 9.17) is 0 Å². The Balaban J connectivity index is 1.38. The Morgan fingerprint density at radius 1 is 1.17 bits per heavy atom. The minimum Gasteiger partial charge on any atom is -0.352 e. The molecule has 1 saturated heterocycles. The molecule has 6 nitrogen and oxygen atoms in total. The molecule has 2 fully saturated rings. The monoisotopic (exact) mass is 505 g/mol. The maximum absolute atomic E-state index is 13.8. The summed E-state index contributed by atoms with van der Waals surface area (Å²) in [6.07, 6.45) is 0.112. The van der Waals surface area contributed by atoms with E-state index in [1.165, 1.54) is 23.5 Å². The van der Waals surface area contributed by atoms with Gasteiger partial charge in [0, 0.05) is 31.0 Å². The third kappa shape index (κ3) is 4.73. The molecule has 0 unspecified atom stereocenters. The van der Waals surface area contributed by atoms with Crippen molar-refractivity contribution in [1.82, 2.24) is 19.9 Å². The Hall–Kier alpha value is -3.08. The summed E-state index contributed by atoms with van der Waals surface area (Å²) in [5, 5.41) is 3.77. The summed E-state index contributed by atoms with van der Waals surface area (Å²) in [5.41, 5.74) is 0.295. The third-order valence-corrected chi connectivity index (χ3v) is 7.76. The molecule has 0 bridgehead atoms. The van der Waals surface area contributed by atoms with Crippen LogP contribution in [0, 0.1) is 24.6 Å². The van der Waals surface area contributed by atoms with Crippen LogP contribution in [0.5, 0.6) is 0 Å². The number of thiazole rings is 1. The second-order valence-electron chi connectivity index (χ2n) is 8.97. The molecule has 35 heavy (non-hydrogen) atoms. The highest BCUT2D eigenvalue weighted by Gasteiger charge is 2.46. The van der Waals surface area contributed by atoms with E-state index in [1.807, 2.05) is 11.8 Å². The van der Waals surface area contributed by atoms with Gasteiger partial charge in [0.2, 0.25) is 5.95 Å². The fourth-order valence-corrected chi connectivity index (χ4v) is 6.08. The van der Waals surface area contributed by atoms with E-state index in [1.54, 1.807) is 12.1 Å². The van der Waals surface area contributed by atoms with Crippen molar-refractivity contribution in [3.63, 3.8) is 0 Å². The smallest absolute Gasteiger partial charge is 0.352 e. The van der Waals surface area contributed by atoms with Crippen molar-refractivity contribution in [2.45, 2.75) is 38.4 Å². The van der Waals surface area contributed by atoms with Gasteiger partial charge in [-0.3, -0.25) is 4.79 Å². The van der Waals surface area contributed by atoms with Crippen molar-refractivity contribution in [3.05, 3.63) is 57.9 Å².